The second-order valence-electron chi connectivity index (χ2n) is 8.66. The topological polar surface area (TPSA) is 109 Å². The van der Waals surface area contributed by atoms with Crippen LogP contribution in [0.4, 0.5) is 9.80 Å². The third-order valence-corrected chi connectivity index (χ3v) is 6.87. The van der Waals surface area contributed by atoms with E-state index in [1.165, 1.54) is 0 Å². The average molecular weight is 465 g/mol. The number of amides is 3. The summed E-state index contributed by atoms with van der Waals surface area (Å²) in [5.41, 5.74) is 3.19. The van der Waals surface area contributed by atoms with Crippen molar-refractivity contribution in [1.29, 1.82) is 0 Å². The molecule has 33 heavy (non-hydrogen) atoms. The van der Waals surface area contributed by atoms with Crippen LogP contribution in [0.2, 0.25) is 0 Å². The van der Waals surface area contributed by atoms with Crippen molar-refractivity contribution in [3.05, 3.63) is 75.3 Å². The number of hydrogen-bond donors (Lipinski definition) is 2. The summed E-state index contributed by atoms with van der Waals surface area (Å²) >= 11 is 0.980. The molecule has 9 nitrogen and oxygen atoms in total. The van der Waals surface area contributed by atoms with E-state index in [4.69, 9.17) is 0 Å². The average Bonchev–Trinajstić information content (AvgIpc) is 3.26. The van der Waals surface area contributed by atoms with E-state index in [2.05, 4.69) is 20.2 Å². The van der Waals surface area contributed by atoms with Crippen LogP contribution in [-0.4, -0.2) is 44.1 Å². The maximum atomic E-state index is 13.0. The molecule has 0 radical (unpaired) electrons. The molecule has 0 spiro atoms. The van der Waals surface area contributed by atoms with E-state index < -0.39 is 0 Å². The van der Waals surface area contributed by atoms with E-state index >= 15 is 0 Å². The Kier molecular flexibility index (Phi) is 5.67. The van der Waals surface area contributed by atoms with Crippen LogP contribution >= 0.6 is 11.5 Å². The monoisotopic (exact) mass is 464 g/mol. The number of rotatable bonds is 4. The highest BCUT2D eigenvalue weighted by molar-refractivity contribution is 7.10. The van der Waals surface area contributed by atoms with Gasteiger partial charge in [0.25, 0.3) is 11.5 Å². The zero-order valence-corrected chi connectivity index (χ0v) is 19.0. The Labute approximate surface area is 194 Å². The molecule has 3 amide bonds. The minimum Gasteiger partial charge on any atom is -0.346 e. The SMILES string of the molecule is Cc1cccc(CNC(=O)c2nnsc2NC(=O)N2C[C@H]3C[C@H](C2)c2cccc(=O)n2C3)c1. The highest BCUT2D eigenvalue weighted by Gasteiger charge is 2.36. The summed E-state index contributed by atoms with van der Waals surface area (Å²) in [6, 6.07) is 12.9. The van der Waals surface area contributed by atoms with E-state index in [-0.39, 0.29) is 35.0 Å². The highest BCUT2D eigenvalue weighted by Crippen LogP contribution is 2.35. The number of nitrogens with one attached hydrogen (secondary N) is 2. The zero-order chi connectivity index (χ0) is 22.9. The van der Waals surface area contributed by atoms with Gasteiger partial charge in [0.15, 0.2) is 10.7 Å². The lowest BCUT2D eigenvalue weighted by molar-refractivity contribution is 0.0946. The fourth-order valence-corrected chi connectivity index (χ4v) is 5.30. The Morgan fingerprint density at radius 2 is 2.00 bits per heavy atom. The van der Waals surface area contributed by atoms with Gasteiger partial charge in [-0.1, -0.05) is 40.4 Å². The summed E-state index contributed by atoms with van der Waals surface area (Å²) < 4.78 is 5.70. The molecule has 2 atom stereocenters. The molecule has 10 heteroatoms. The summed E-state index contributed by atoms with van der Waals surface area (Å²) in [6.07, 6.45) is 0.960. The normalized spacial score (nSPS) is 19.0. The van der Waals surface area contributed by atoms with Crippen LogP contribution < -0.4 is 16.2 Å². The number of nitrogens with zero attached hydrogens (tertiary/aromatic N) is 4. The number of carbonyl (C=O) groups excluding carboxylic acids is 2. The van der Waals surface area contributed by atoms with Crippen LogP contribution in [0, 0.1) is 12.8 Å². The van der Waals surface area contributed by atoms with Gasteiger partial charge < -0.3 is 14.8 Å². The number of carbonyl (C=O) groups is 2. The number of aromatic nitrogens is 3. The van der Waals surface area contributed by atoms with Crippen LogP contribution in [0.25, 0.3) is 0 Å². The number of urea groups is 1. The molecule has 1 fully saturated rings. The number of hydrogen-bond acceptors (Lipinski definition) is 6. The van der Waals surface area contributed by atoms with E-state index in [0.29, 0.717) is 31.2 Å². The second kappa shape index (κ2) is 8.78. The van der Waals surface area contributed by atoms with Crippen molar-refractivity contribution >= 4 is 28.5 Å². The van der Waals surface area contributed by atoms with Gasteiger partial charge >= 0.3 is 6.03 Å². The van der Waals surface area contributed by atoms with E-state index in [1.54, 1.807) is 17.0 Å². The first-order chi connectivity index (χ1) is 16.0. The lowest BCUT2D eigenvalue weighted by atomic mass is 9.83. The van der Waals surface area contributed by atoms with Gasteiger partial charge in [0, 0.05) is 55.4 Å². The molecule has 4 heterocycles. The first-order valence-corrected chi connectivity index (χ1v) is 11.7. The van der Waals surface area contributed by atoms with E-state index in [0.717, 1.165) is 34.8 Å². The Morgan fingerprint density at radius 3 is 2.85 bits per heavy atom. The summed E-state index contributed by atoms with van der Waals surface area (Å²) in [7, 11) is 0. The molecule has 2 aliphatic rings. The first kappa shape index (κ1) is 21.3. The Balaban J connectivity index is 1.25. The van der Waals surface area contributed by atoms with Crippen molar-refractivity contribution in [2.24, 2.45) is 5.92 Å². The molecular formula is C23H24N6O3S. The third kappa shape index (κ3) is 4.38. The van der Waals surface area contributed by atoms with Gasteiger partial charge in [0.05, 0.1) is 0 Å². The molecule has 170 valence electrons. The molecule has 1 saturated heterocycles. The van der Waals surface area contributed by atoms with Crippen molar-refractivity contribution in [2.75, 3.05) is 18.4 Å². The fourth-order valence-electron chi connectivity index (χ4n) is 4.75. The van der Waals surface area contributed by atoms with Crippen LogP contribution in [0.5, 0.6) is 0 Å². The molecule has 3 aromatic rings. The minimum absolute atomic E-state index is 0.0113. The smallest absolute Gasteiger partial charge is 0.322 e. The lowest BCUT2D eigenvalue weighted by Crippen LogP contribution is -2.50. The van der Waals surface area contributed by atoms with Crippen molar-refractivity contribution in [1.82, 2.24) is 24.4 Å². The number of fused-ring (bicyclic) bond motifs is 4. The predicted molar refractivity (Wildman–Crippen MR) is 124 cm³/mol. The van der Waals surface area contributed by atoms with Crippen molar-refractivity contribution in [3.8, 4) is 0 Å². The Hall–Kier alpha value is -3.53. The van der Waals surface area contributed by atoms with Crippen LogP contribution in [0.3, 0.4) is 0 Å². The zero-order valence-electron chi connectivity index (χ0n) is 18.2. The van der Waals surface area contributed by atoms with Gasteiger partial charge in [-0.05, 0) is 30.9 Å². The van der Waals surface area contributed by atoms with Gasteiger partial charge in [-0.2, -0.15) is 0 Å². The summed E-state index contributed by atoms with van der Waals surface area (Å²) in [5.74, 6) is -0.0445. The number of anilines is 1. The van der Waals surface area contributed by atoms with Crippen molar-refractivity contribution in [2.45, 2.75) is 32.4 Å². The second-order valence-corrected chi connectivity index (χ2v) is 9.41. The molecular weight excluding hydrogens is 440 g/mol. The predicted octanol–water partition coefficient (Wildman–Crippen LogP) is 2.59. The molecule has 2 bridgehead atoms. The molecule has 2 aromatic heterocycles. The van der Waals surface area contributed by atoms with Crippen LogP contribution in [0.15, 0.2) is 47.3 Å². The number of likely N-dealkylation sites (tertiary alicyclic amines) is 1. The molecule has 2 aliphatic heterocycles. The standard InChI is InChI=1S/C23H24N6O3S/c1-14-4-2-5-15(8-14)10-24-21(31)20-22(33-27-26-20)25-23(32)28-11-16-9-17(13-28)18-6-3-7-19(30)29(18)12-16/h2-8,16-17H,9-13H2,1H3,(H,24,31)(H,25,32)/t16-,17-/m1/s1. The van der Waals surface area contributed by atoms with E-state index in [9.17, 15) is 14.4 Å². The van der Waals surface area contributed by atoms with Gasteiger partial charge in [-0.3, -0.25) is 14.9 Å². The van der Waals surface area contributed by atoms with Crippen molar-refractivity contribution < 1.29 is 9.59 Å². The summed E-state index contributed by atoms with van der Waals surface area (Å²) in [4.78, 5) is 39.7. The summed E-state index contributed by atoms with van der Waals surface area (Å²) in [5, 5.41) is 9.92. The van der Waals surface area contributed by atoms with Crippen LogP contribution in [0.1, 0.15) is 39.6 Å². The highest BCUT2D eigenvalue weighted by atomic mass is 32.1. The van der Waals surface area contributed by atoms with E-state index in [1.807, 2.05) is 41.8 Å². The minimum atomic E-state index is -0.385. The largest absolute Gasteiger partial charge is 0.346 e. The summed E-state index contributed by atoms with van der Waals surface area (Å²) in [6.45, 7) is 4.05. The Morgan fingerprint density at radius 1 is 1.15 bits per heavy atom. The van der Waals surface area contributed by atoms with Gasteiger partial charge in [0.1, 0.15) is 0 Å². The quantitative estimate of drug-likeness (QED) is 0.617. The molecule has 2 N–H and O–H groups in total. The van der Waals surface area contributed by atoms with Crippen molar-refractivity contribution in [3.63, 3.8) is 0 Å². The number of piperidine rings is 1. The molecule has 1 aromatic carbocycles. The molecule has 0 saturated carbocycles. The molecule has 5 rings (SSSR count). The van der Waals surface area contributed by atoms with Crippen LogP contribution in [-0.2, 0) is 13.1 Å². The van der Waals surface area contributed by atoms with Gasteiger partial charge in [-0.25, -0.2) is 4.79 Å². The maximum absolute atomic E-state index is 13.0. The lowest BCUT2D eigenvalue weighted by Gasteiger charge is -2.42. The third-order valence-electron chi connectivity index (χ3n) is 6.23. The Bertz CT molecular complexity index is 1270. The van der Waals surface area contributed by atoms with Gasteiger partial charge in [-0.15, -0.1) is 5.10 Å². The number of pyridine rings is 1. The maximum Gasteiger partial charge on any atom is 0.322 e. The molecule has 0 aliphatic carbocycles. The first-order valence-electron chi connectivity index (χ1n) is 10.9. The molecule has 0 unspecified atom stereocenters. The van der Waals surface area contributed by atoms with Gasteiger partial charge in [0.2, 0.25) is 0 Å². The number of aryl methyl sites for hydroxylation is 1. The fraction of sp³-hybridized carbons (Fsp3) is 0.348. The number of benzene rings is 1.